The lowest BCUT2D eigenvalue weighted by Crippen LogP contribution is -2.23. The first-order valence-electron chi connectivity index (χ1n) is 9.93. The number of benzene rings is 2. The number of aryl methyl sites for hydroxylation is 2. The second-order valence-electron chi connectivity index (χ2n) is 7.11. The van der Waals surface area contributed by atoms with E-state index < -0.39 is 0 Å². The molecule has 4 heteroatoms. The minimum absolute atomic E-state index is 0.134. The van der Waals surface area contributed by atoms with Gasteiger partial charge in [0.1, 0.15) is 5.82 Å². The maximum absolute atomic E-state index is 11.3. The van der Waals surface area contributed by atoms with Crippen LogP contribution in [0.5, 0.6) is 0 Å². The SMILES string of the molecule is CCC(=O)NCCCCCc1nc2ccccc2n1Cc1cccc(C)c1. The molecule has 0 atom stereocenters. The first kappa shape index (κ1) is 19.2. The van der Waals surface area contributed by atoms with Gasteiger partial charge in [0, 0.05) is 25.9 Å². The number of carbonyl (C=O) groups excluding carboxylic acids is 1. The number of fused-ring (bicyclic) bond motifs is 1. The molecule has 0 aliphatic rings. The van der Waals surface area contributed by atoms with Gasteiger partial charge in [-0.15, -0.1) is 0 Å². The zero-order valence-corrected chi connectivity index (χ0v) is 16.4. The van der Waals surface area contributed by atoms with Crippen molar-refractivity contribution >= 4 is 16.9 Å². The van der Waals surface area contributed by atoms with Crippen LogP contribution < -0.4 is 5.32 Å². The Labute approximate surface area is 161 Å². The van der Waals surface area contributed by atoms with E-state index in [0.717, 1.165) is 50.1 Å². The molecule has 142 valence electrons. The fraction of sp³-hybridized carbons (Fsp3) is 0.391. The molecule has 3 aromatic rings. The van der Waals surface area contributed by atoms with Gasteiger partial charge in [0.05, 0.1) is 11.0 Å². The van der Waals surface area contributed by atoms with Crippen LogP contribution in [0.3, 0.4) is 0 Å². The molecule has 1 amide bonds. The van der Waals surface area contributed by atoms with Crippen molar-refractivity contribution in [1.29, 1.82) is 0 Å². The molecule has 0 fully saturated rings. The zero-order valence-electron chi connectivity index (χ0n) is 16.4. The number of hydrogen-bond acceptors (Lipinski definition) is 2. The second-order valence-corrected chi connectivity index (χ2v) is 7.11. The number of aromatic nitrogens is 2. The van der Waals surface area contributed by atoms with Gasteiger partial charge in [-0.3, -0.25) is 4.79 Å². The monoisotopic (exact) mass is 363 g/mol. The molecule has 2 aromatic carbocycles. The van der Waals surface area contributed by atoms with E-state index in [2.05, 4.69) is 59.3 Å². The summed E-state index contributed by atoms with van der Waals surface area (Å²) in [4.78, 5) is 16.2. The molecule has 0 spiro atoms. The Hall–Kier alpha value is -2.62. The molecule has 0 saturated carbocycles. The number of para-hydroxylation sites is 2. The maximum Gasteiger partial charge on any atom is 0.219 e. The Kier molecular flexibility index (Phi) is 6.64. The molecule has 27 heavy (non-hydrogen) atoms. The van der Waals surface area contributed by atoms with Crippen LogP contribution in [0.1, 0.15) is 49.6 Å². The van der Waals surface area contributed by atoms with Gasteiger partial charge in [0.2, 0.25) is 5.91 Å². The Morgan fingerprint density at radius 2 is 1.93 bits per heavy atom. The Morgan fingerprint density at radius 1 is 1.07 bits per heavy atom. The van der Waals surface area contributed by atoms with Gasteiger partial charge in [0.25, 0.3) is 0 Å². The predicted molar refractivity (Wildman–Crippen MR) is 111 cm³/mol. The lowest BCUT2D eigenvalue weighted by molar-refractivity contribution is -0.120. The Bertz CT molecular complexity index is 898. The van der Waals surface area contributed by atoms with Crippen molar-refractivity contribution in [3.05, 3.63) is 65.5 Å². The molecule has 1 aromatic heterocycles. The number of imidazole rings is 1. The summed E-state index contributed by atoms with van der Waals surface area (Å²) in [5.74, 6) is 1.28. The number of unbranched alkanes of at least 4 members (excludes halogenated alkanes) is 2. The van der Waals surface area contributed by atoms with E-state index in [1.807, 2.05) is 13.0 Å². The largest absolute Gasteiger partial charge is 0.356 e. The van der Waals surface area contributed by atoms with Crippen LogP contribution in [-0.2, 0) is 17.8 Å². The highest BCUT2D eigenvalue weighted by Gasteiger charge is 2.11. The number of nitrogens with zero attached hydrogens (tertiary/aromatic N) is 2. The van der Waals surface area contributed by atoms with Gasteiger partial charge in [0.15, 0.2) is 0 Å². The van der Waals surface area contributed by atoms with E-state index in [0.29, 0.717) is 6.42 Å². The quantitative estimate of drug-likeness (QED) is 0.563. The van der Waals surface area contributed by atoms with E-state index in [-0.39, 0.29) is 5.91 Å². The molecule has 0 bridgehead atoms. The van der Waals surface area contributed by atoms with Gasteiger partial charge in [-0.05, 0) is 37.5 Å². The van der Waals surface area contributed by atoms with Crippen molar-refractivity contribution in [3.63, 3.8) is 0 Å². The number of nitrogens with one attached hydrogen (secondary N) is 1. The highest BCUT2D eigenvalue weighted by Crippen LogP contribution is 2.20. The summed E-state index contributed by atoms with van der Waals surface area (Å²) in [5, 5.41) is 2.94. The van der Waals surface area contributed by atoms with Crippen LogP contribution in [0, 0.1) is 6.92 Å². The summed E-state index contributed by atoms with van der Waals surface area (Å²) < 4.78 is 2.35. The molecule has 0 radical (unpaired) electrons. The van der Waals surface area contributed by atoms with Gasteiger partial charge in [-0.1, -0.05) is 55.3 Å². The van der Waals surface area contributed by atoms with Crippen LogP contribution in [-0.4, -0.2) is 22.0 Å². The average Bonchev–Trinajstić information content (AvgIpc) is 3.02. The lowest BCUT2D eigenvalue weighted by Gasteiger charge is -2.10. The van der Waals surface area contributed by atoms with Gasteiger partial charge in [-0.25, -0.2) is 4.98 Å². The first-order valence-corrected chi connectivity index (χ1v) is 9.93. The molecule has 4 nitrogen and oxygen atoms in total. The van der Waals surface area contributed by atoms with Crippen molar-refractivity contribution in [2.24, 2.45) is 0 Å². The molecular weight excluding hydrogens is 334 g/mol. The minimum Gasteiger partial charge on any atom is -0.356 e. The summed E-state index contributed by atoms with van der Waals surface area (Å²) >= 11 is 0. The molecule has 0 aliphatic carbocycles. The number of rotatable bonds is 9. The third-order valence-electron chi connectivity index (χ3n) is 4.88. The predicted octanol–water partition coefficient (Wildman–Crippen LogP) is 4.63. The molecule has 1 N–H and O–H groups in total. The molecule has 1 heterocycles. The number of hydrogen-bond donors (Lipinski definition) is 1. The van der Waals surface area contributed by atoms with Crippen LogP contribution >= 0.6 is 0 Å². The standard InChI is InChI=1S/C23H29N3O/c1-3-23(27)24-15-8-4-5-14-22-25-20-12-6-7-13-21(20)26(22)17-19-11-9-10-18(2)16-19/h6-7,9-13,16H,3-5,8,14-15,17H2,1-2H3,(H,24,27). The molecular formula is C23H29N3O. The maximum atomic E-state index is 11.3. The van der Waals surface area contributed by atoms with Crippen molar-refractivity contribution in [1.82, 2.24) is 14.9 Å². The molecule has 0 unspecified atom stereocenters. The highest BCUT2D eigenvalue weighted by molar-refractivity contribution is 5.76. The van der Waals surface area contributed by atoms with Crippen LogP contribution in [0.25, 0.3) is 11.0 Å². The average molecular weight is 364 g/mol. The van der Waals surface area contributed by atoms with E-state index in [1.54, 1.807) is 0 Å². The summed E-state index contributed by atoms with van der Waals surface area (Å²) in [6.45, 7) is 5.64. The van der Waals surface area contributed by atoms with E-state index in [1.165, 1.54) is 16.6 Å². The topological polar surface area (TPSA) is 46.9 Å². The van der Waals surface area contributed by atoms with Gasteiger partial charge < -0.3 is 9.88 Å². The van der Waals surface area contributed by atoms with E-state index >= 15 is 0 Å². The first-order chi connectivity index (χ1) is 13.2. The van der Waals surface area contributed by atoms with Crippen LogP contribution in [0.4, 0.5) is 0 Å². The third kappa shape index (κ3) is 5.19. The number of amides is 1. The van der Waals surface area contributed by atoms with Crippen molar-refractivity contribution in [2.75, 3.05) is 6.54 Å². The smallest absolute Gasteiger partial charge is 0.219 e. The molecule has 3 rings (SSSR count). The van der Waals surface area contributed by atoms with Crippen LogP contribution in [0.15, 0.2) is 48.5 Å². The molecule has 0 aliphatic heterocycles. The molecule has 0 saturated heterocycles. The third-order valence-corrected chi connectivity index (χ3v) is 4.88. The minimum atomic E-state index is 0.134. The Morgan fingerprint density at radius 3 is 2.74 bits per heavy atom. The lowest BCUT2D eigenvalue weighted by atomic mass is 10.1. The fourth-order valence-corrected chi connectivity index (χ4v) is 3.42. The fourth-order valence-electron chi connectivity index (χ4n) is 3.42. The van der Waals surface area contributed by atoms with Gasteiger partial charge in [-0.2, -0.15) is 0 Å². The van der Waals surface area contributed by atoms with Gasteiger partial charge >= 0.3 is 0 Å². The van der Waals surface area contributed by atoms with Crippen molar-refractivity contribution in [3.8, 4) is 0 Å². The van der Waals surface area contributed by atoms with E-state index in [9.17, 15) is 4.79 Å². The normalized spacial score (nSPS) is 11.0. The summed E-state index contributed by atoms with van der Waals surface area (Å²) in [5.41, 5.74) is 4.86. The summed E-state index contributed by atoms with van der Waals surface area (Å²) in [6.07, 6.45) is 4.71. The zero-order chi connectivity index (χ0) is 19.1. The van der Waals surface area contributed by atoms with Crippen LogP contribution in [0.2, 0.25) is 0 Å². The number of carbonyl (C=O) groups is 1. The summed E-state index contributed by atoms with van der Waals surface area (Å²) in [7, 11) is 0. The Balaban J connectivity index is 1.66. The van der Waals surface area contributed by atoms with Crippen molar-refractivity contribution < 1.29 is 4.79 Å². The second kappa shape index (κ2) is 9.36. The highest BCUT2D eigenvalue weighted by atomic mass is 16.1. The van der Waals surface area contributed by atoms with E-state index in [4.69, 9.17) is 4.98 Å². The van der Waals surface area contributed by atoms with Crippen molar-refractivity contribution in [2.45, 2.75) is 52.5 Å². The summed E-state index contributed by atoms with van der Waals surface area (Å²) in [6, 6.07) is 17.1.